The molecule has 0 unspecified atom stereocenters. The van der Waals surface area contributed by atoms with Crippen LogP contribution in [0.3, 0.4) is 0 Å². The summed E-state index contributed by atoms with van der Waals surface area (Å²) in [6.45, 7) is 2.97. The molecular formula is C11H14N4O2S. The quantitative estimate of drug-likeness (QED) is 0.796. The zero-order valence-electron chi connectivity index (χ0n) is 10.2. The first-order valence-corrected chi connectivity index (χ1v) is 7.54. The van der Waals surface area contributed by atoms with E-state index in [-0.39, 0.29) is 6.04 Å². The van der Waals surface area contributed by atoms with Gasteiger partial charge in [0.1, 0.15) is 5.52 Å². The zero-order chi connectivity index (χ0) is 12.9. The Hall–Kier alpha value is -1.47. The number of nitrogens with zero attached hydrogens (tertiary/aromatic N) is 4. The van der Waals surface area contributed by atoms with Crippen LogP contribution in [-0.4, -0.2) is 46.6 Å². The molecule has 0 saturated carbocycles. The summed E-state index contributed by atoms with van der Waals surface area (Å²) in [6.07, 6.45) is 4.74. The van der Waals surface area contributed by atoms with Crippen molar-refractivity contribution in [2.75, 3.05) is 19.3 Å². The lowest BCUT2D eigenvalue weighted by Gasteiger charge is -2.38. The molecular weight excluding hydrogens is 252 g/mol. The topological polar surface area (TPSA) is 68.1 Å². The van der Waals surface area contributed by atoms with Crippen molar-refractivity contribution in [3.8, 4) is 0 Å². The van der Waals surface area contributed by atoms with Gasteiger partial charge in [0, 0.05) is 18.8 Å². The van der Waals surface area contributed by atoms with Crippen molar-refractivity contribution in [1.82, 2.24) is 18.8 Å². The van der Waals surface area contributed by atoms with Crippen LogP contribution in [-0.2, 0) is 10.0 Å². The summed E-state index contributed by atoms with van der Waals surface area (Å²) in [5.41, 5.74) is 2.79. The molecule has 1 saturated heterocycles. The molecule has 96 valence electrons. The Kier molecular flexibility index (Phi) is 2.43. The van der Waals surface area contributed by atoms with Gasteiger partial charge in [-0.1, -0.05) is 0 Å². The van der Waals surface area contributed by atoms with Crippen LogP contribution in [0.1, 0.15) is 11.7 Å². The number of aryl methyl sites for hydroxylation is 1. The third-order valence-electron chi connectivity index (χ3n) is 3.29. The summed E-state index contributed by atoms with van der Waals surface area (Å²) in [5.74, 6) is 0. The minimum atomic E-state index is -3.06. The van der Waals surface area contributed by atoms with E-state index in [0.717, 1.165) is 16.7 Å². The van der Waals surface area contributed by atoms with E-state index in [0.29, 0.717) is 13.1 Å². The van der Waals surface area contributed by atoms with Crippen molar-refractivity contribution in [1.29, 1.82) is 0 Å². The summed E-state index contributed by atoms with van der Waals surface area (Å²) in [5, 5.41) is 0. The number of fused-ring (bicyclic) bond motifs is 1. The first-order chi connectivity index (χ1) is 8.45. The average molecular weight is 266 g/mol. The monoisotopic (exact) mass is 266 g/mol. The first-order valence-electron chi connectivity index (χ1n) is 5.69. The van der Waals surface area contributed by atoms with Crippen LogP contribution >= 0.6 is 0 Å². The van der Waals surface area contributed by atoms with Crippen molar-refractivity contribution in [2.24, 2.45) is 0 Å². The van der Waals surface area contributed by atoms with Crippen molar-refractivity contribution in [2.45, 2.75) is 13.0 Å². The van der Waals surface area contributed by atoms with Gasteiger partial charge >= 0.3 is 0 Å². The van der Waals surface area contributed by atoms with Gasteiger partial charge in [0.15, 0.2) is 0 Å². The minimum Gasteiger partial charge on any atom is -0.325 e. The predicted molar refractivity (Wildman–Crippen MR) is 67.7 cm³/mol. The lowest BCUT2D eigenvalue weighted by atomic mass is 10.1. The Morgan fingerprint density at radius 2 is 2.06 bits per heavy atom. The molecule has 2 aromatic heterocycles. The molecule has 7 heteroatoms. The molecule has 0 spiro atoms. The normalized spacial score (nSPS) is 18.1. The third kappa shape index (κ3) is 1.79. The predicted octanol–water partition coefficient (Wildman–Crippen LogP) is 0.556. The molecule has 18 heavy (non-hydrogen) atoms. The smallest absolute Gasteiger partial charge is 0.211 e. The van der Waals surface area contributed by atoms with Crippen LogP contribution in [0, 0.1) is 6.92 Å². The zero-order valence-corrected chi connectivity index (χ0v) is 11.1. The fourth-order valence-corrected chi connectivity index (χ4v) is 3.07. The Morgan fingerprint density at radius 1 is 1.33 bits per heavy atom. The second-order valence-electron chi connectivity index (χ2n) is 4.70. The molecule has 0 aromatic carbocycles. The third-order valence-corrected chi connectivity index (χ3v) is 4.53. The van der Waals surface area contributed by atoms with Gasteiger partial charge in [-0.3, -0.25) is 4.98 Å². The molecule has 0 N–H and O–H groups in total. The van der Waals surface area contributed by atoms with Crippen LogP contribution in [0.4, 0.5) is 0 Å². The van der Waals surface area contributed by atoms with Gasteiger partial charge < -0.3 is 4.57 Å². The van der Waals surface area contributed by atoms with Gasteiger partial charge in [-0.25, -0.2) is 13.4 Å². The number of imidazole rings is 1. The van der Waals surface area contributed by atoms with Crippen molar-refractivity contribution in [3.05, 3.63) is 24.3 Å². The van der Waals surface area contributed by atoms with E-state index >= 15 is 0 Å². The lowest BCUT2D eigenvalue weighted by Crippen LogP contribution is -2.49. The molecule has 2 aromatic rings. The van der Waals surface area contributed by atoms with E-state index in [1.807, 2.05) is 17.6 Å². The SMILES string of the molecule is Cc1cc2c(cn1)ncn2C1CN(S(C)(=O)=O)C1. The molecule has 1 aliphatic rings. The molecule has 0 bridgehead atoms. The Bertz CT molecular complexity index is 701. The Labute approximate surface area is 105 Å². The molecule has 3 rings (SSSR count). The summed E-state index contributed by atoms with van der Waals surface area (Å²) < 4.78 is 26.2. The average Bonchev–Trinajstić information content (AvgIpc) is 2.57. The minimum absolute atomic E-state index is 0.173. The van der Waals surface area contributed by atoms with Crippen molar-refractivity contribution in [3.63, 3.8) is 0 Å². The fraction of sp³-hybridized carbons (Fsp3) is 0.455. The second-order valence-corrected chi connectivity index (χ2v) is 6.68. The lowest BCUT2D eigenvalue weighted by molar-refractivity contribution is 0.209. The first kappa shape index (κ1) is 11.6. The van der Waals surface area contributed by atoms with E-state index in [2.05, 4.69) is 9.97 Å². The number of pyridine rings is 1. The van der Waals surface area contributed by atoms with Gasteiger partial charge in [0.05, 0.1) is 30.3 Å². The molecule has 0 atom stereocenters. The van der Waals surface area contributed by atoms with Gasteiger partial charge in [-0.2, -0.15) is 4.31 Å². The highest BCUT2D eigenvalue weighted by atomic mass is 32.2. The number of aromatic nitrogens is 3. The van der Waals surface area contributed by atoms with Gasteiger partial charge in [-0.15, -0.1) is 0 Å². The van der Waals surface area contributed by atoms with Gasteiger partial charge in [0.2, 0.25) is 10.0 Å². The Balaban J connectivity index is 1.91. The molecule has 0 radical (unpaired) electrons. The van der Waals surface area contributed by atoms with Crippen molar-refractivity contribution < 1.29 is 8.42 Å². The molecule has 6 nitrogen and oxygen atoms in total. The highest BCUT2D eigenvalue weighted by molar-refractivity contribution is 7.88. The van der Waals surface area contributed by atoms with E-state index in [1.54, 1.807) is 12.5 Å². The summed E-state index contributed by atoms with van der Waals surface area (Å²) in [4.78, 5) is 8.48. The maximum absolute atomic E-state index is 11.3. The number of hydrogen-bond acceptors (Lipinski definition) is 4. The van der Waals surface area contributed by atoms with E-state index in [1.165, 1.54) is 10.6 Å². The van der Waals surface area contributed by atoms with Crippen LogP contribution in [0.25, 0.3) is 11.0 Å². The maximum atomic E-state index is 11.3. The van der Waals surface area contributed by atoms with Crippen LogP contribution in [0.15, 0.2) is 18.6 Å². The van der Waals surface area contributed by atoms with Crippen molar-refractivity contribution >= 4 is 21.1 Å². The highest BCUT2D eigenvalue weighted by Crippen LogP contribution is 2.27. The van der Waals surface area contributed by atoms with Gasteiger partial charge in [-0.05, 0) is 13.0 Å². The molecule has 0 aliphatic carbocycles. The van der Waals surface area contributed by atoms with Crippen LogP contribution in [0.5, 0.6) is 0 Å². The van der Waals surface area contributed by atoms with E-state index < -0.39 is 10.0 Å². The largest absolute Gasteiger partial charge is 0.325 e. The molecule has 1 aliphatic heterocycles. The van der Waals surface area contributed by atoms with E-state index in [9.17, 15) is 8.42 Å². The number of hydrogen-bond donors (Lipinski definition) is 0. The van der Waals surface area contributed by atoms with E-state index in [4.69, 9.17) is 0 Å². The standard InChI is InChI=1S/C11H14N4O2S/c1-8-3-11-10(4-12-8)13-7-15(11)9-5-14(6-9)18(2,16)17/h3-4,7,9H,5-6H2,1-2H3. The highest BCUT2D eigenvalue weighted by Gasteiger charge is 2.34. The van der Waals surface area contributed by atoms with Gasteiger partial charge in [0.25, 0.3) is 0 Å². The molecule has 3 heterocycles. The Morgan fingerprint density at radius 3 is 2.72 bits per heavy atom. The second kappa shape index (κ2) is 3.76. The summed E-state index contributed by atoms with van der Waals surface area (Å²) >= 11 is 0. The summed E-state index contributed by atoms with van der Waals surface area (Å²) in [6, 6.07) is 2.15. The molecule has 0 amide bonds. The van der Waals surface area contributed by atoms with Crippen LogP contribution in [0.2, 0.25) is 0 Å². The molecule has 1 fully saturated rings. The number of sulfonamides is 1. The summed E-state index contributed by atoms with van der Waals surface area (Å²) in [7, 11) is -3.06. The maximum Gasteiger partial charge on any atom is 0.211 e. The fourth-order valence-electron chi connectivity index (χ4n) is 2.19. The number of rotatable bonds is 2. The van der Waals surface area contributed by atoms with Crippen LogP contribution < -0.4 is 0 Å².